The molecule has 2 saturated heterocycles. The number of carbonyl (C=O) groups is 3. The number of rotatable bonds is 4. The van der Waals surface area contributed by atoms with Crippen LogP contribution in [0.4, 0.5) is 0 Å². The quantitative estimate of drug-likeness (QED) is 0.590. The van der Waals surface area contributed by atoms with Crippen molar-refractivity contribution in [3.63, 3.8) is 0 Å². The summed E-state index contributed by atoms with van der Waals surface area (Å²) in [4.78, 5) is 40.5. The summed E-state index contributed by atoms with van der Waals surface area (Å²) in [6, 6.07) is 9.74. The maximum Gasteiger partial charge on any atom is 0.308 e. The van der Waals surface area contributed by atoms with Gasteiger partial charge in [0.1, 0.15) is 0 Å². The van der Waals surface area contributed by atoms with Crippen LogP contribution in [0.15, 0.2) is 36.4 Å². The third kappa shape index (κ3) is 5.00. The molecule has 0 N–H and O–H groups in total. The van der Waals surface area contributed by atoms with Gasteiger partial charge in [-0.15, -0.1) is 0 Å². The van der Waals surface area contributed by atoms with Crippen LogP contribution in [0.5, 0.6) is 0 Å². The largest absolute Gasteiger partial charge is 0.469 e. The number of nitrogens with zero attached hydrogens (tertiary/aromatic N) is 2. The SMILES string of the molecule is COC(=O)C1CCN(C(=O)C2CCN(C(=O)/C=C/c3ccccc3)CC2)CC1. The topological polar surface area (TPSA) is 66.9 Å². The van der Waals surface area contributed by atoms with Gasteiger partial charge in [0.05, 0.1) is 13.0 Å². The number of piperidine rings is 2. The van der Waals surface area contributed by atoms with Gasteiger partial charge >= 0.3 is 5.97 Å². The molecule has 2 heterocycles. The van der Waals surface area contributed by atoms with E-state index in [1.165, 1.54) is 7.11 Å². The Hall–Kier alpha value is -2.63. The van der Waals surface area contributed by atoms with E-state index in [0.29, 0.717) is 51.9 Å². The minimum atomic E-state index is -0.178. The number of hydrogen-bond donors (Lipinski definition) is 0. The second-order valence-corrected chi connectivity index (χ2v) is 7.47. The van der Waals surface area contributed by atoms with Crippen LogP contribution in [0, 0.1) is 11.8 Å². The number of likely N-dealkylation sites (tertiary alicyclic amines) is 2. The second kappa shape index (κ2) is 9.53. The van der Waals surface area contributed by atoms with Crippen LogP contribution < -0.4 is 0 Å². The van der Waals surface area contributed by atoms with Crippen molar-refractivity contribution in [2.75, 3.05) is 33.3 Å². The first kappa shape index (κ1) is 20.1. The predicted octanol–water partition coefficient (Wildman–Crippen LogP) is 2.35. The molecule has 2 amide bonds. The Balaban J connectivity index is 1.45. The van der Waals surface area contributed by atoms with E-state index in [4.69, 9.17) is 4.74 Å². The maximum absolute atomic E-state index is 12.8. The molecule has 0 radical (unpaired) electrons. The van der Waals surface area contributed by atoms with Crippen molar-refractivity contribution in [1.82, 2.24) is 9.80 Å². The summed E-state index contributed by atoms with van der Waals surface area (Å²) in [7, 11) is 1.41. The summed E-state index contributed by atoms with van der Waals surface area (Å²) < 4.78 is 4.80. The molecule has 2 aliphatic rings. The molecular weight excluding hydrogens is 356 g/mol. The van der Waals surface area contributed by atoms with Crippen LogP contribution in [0.1, 0.15) is 31.2 Å². The first-order valence-electron chi connectivity index (χ1n) is 9.97. The van der Waals surface area contributed by atoms with E-state index in [0.717, 1.165) is 5.56 Å². The summed E-state index contributed by atoms with van der Waals surface area (Å²) in [6.07, 6.45) is 6.15. The summed E-state index contributed by atoms with van der Waals surface area (Å²) in [5.41, 5.74) is 0.997. The van der Waals surface area contributed by atoms with Crippen molar-refractivity contribution in [2.24, 2.45) is 11.8 Å². The third-order valence-electron chi connectivity index (χ3n) is 5.71. The molecule has 0 atom stereocenters. The van der Waals surface area contributed by atoms with Crippen molar-refractivity contribution < 1.29 is 19.1 Å². The van der Waals surface area contributed by atoms with Crippen molar-refractivity contribution in [3.05, 3.63) is 42.0 Å². The minimum Gasteiger partial charge on any atom is -0.469 e. The number of carbonyl (C=O) groups excluding carboxylic acids is 3. The highest BCUT2D eigenvalue weighted by molar-refractivity contribution is 5.92. The highest BCUT2D eigenvalue weighted by atomic mass is 16.5. The van der Waals surface area contributed by atoms with Gasteiger partial charge in [0.25, 0.3) is 0 Å². The second-order valence-electron chi connectivity index (χ2n) is 7.47. The molecule has 3 rings (SSSR count). The van der Waals surface area contributed by atoms with E-state index >= 15 is 0 Å². The Morgan fingerprint density at radius 2 is 1.46 bits per heavy atom. The van der Waals surface area contributed by atoms with Crippen LogP contribution in [0.25, 0.3) is 6.08 Å². The molecule has 6 nitrogen and oxygen atoms in total. The van der Waals surface area contributed by atoms with Gasteiger partial charge in [0.2, 0.25) is 11.8 Å². The molecule has 28 heavy (non-hydrogen) atoms. The van der Waals surface area contributed by atoms with Crippen LogP contribution in [0.3, 0.4) is 0 Å². The van der Waals surface area contributed by atoms with E-state index in [2.05, 4.69) is 0 Å². The van der Waals surface area contributed by atoms with Crippen LogP contribution >= 0.6 is 0 Å². The molecule has 0 aromatic heterocycles. The third-order valence-corrected chi connectivity index (χ3v) is 5.71. The Morgan fingerprint density at radius 3 is 2.07 bits per heavy atom. The molecule has 0 saturated carbocycles. The Morgan fingerprint density at radius 1 is 0.893 bits per heavy atom. The molecule has 0 bridgehead atoms. The van der Waals surface area contributed by atoms with Crippen LogP contribution in [-0.4, -0.2) is 60.9 Å². The lowest BCUT2D eigenvalue weighted by atomic mass is 9.92. The smallest absolute Gasteiger partial charge is 0.308 e. The van der Waals surface area contributed by atoms with E-state index < -0.39 is 0 Å². The van der Waals surface area contributed by atoms with Gasteiger partial charge < -0.3 is 14.5 Å². The molecule has 2 aliphatic heterocycles. The van der Waals surface area contributed by atoms with E-state index in [-0.39, 0.29) is 29.6 Å². The van der Waals surface area contributed by atoms with Gasteiger partial charge in [-0.3, -0.25) is 14.4 Å². The molecule has 2 fully saturated rings. The minimum absolute atomic E-state index is 0.00588. The molecule has 6 heteroatoms. The van der Waals surface area contributed by atoms with Crippen molar-refractivity contribution >= 4 is 23.9 Å². The number of benzene rings is 1. The lowest BCUT2D eigenvalue weighted by molar-refractivity contribution is -0.150. The molecule has 0 unspecified atom stereocenters. The standard InChI is InChI=1S/C22H28N2O4/c1-28-22(27)19-11-15-24(16-12-19)21(26)18-9-13-23(14-10-18)20(25)8-7-17-5-3-2-4-6-17/h2-8,18-19H,9-16H2,1H3/b8-7+. The molecule has 150 valence electrons. The van der Waals surface area contributed by atoms with Gasteiger partial charge in [-0.25, -0.2) is 0 Å². The van der Waals surface area contributed by atoms with Gasteiger partial charge in [-0.2, -0.15) is 0 Å². The average Bonchev–Trinajstić information content (AvgIpc) is 2.77. The number of amides is 2. The Labute approximate surface area is 166 Å². The highest BCUT2D eigenvalue weighted by Crippen LogP contribution is 2.24. The summed E-state index contributed by atoms with van der Waals surface area (Å²) in [5.74, 6) is -0.145. The zero-order chi connectivity index (χ0) is 19.9. The van der Waals surface area contributed by atoms with E-state index in [1.54, 1.807) is 6.08 Å². The van der Waals surface area contributed by atoms with Crippen molar-refractivity contribution in [2.45, 2.75) is 25.7 Å². The van der Waals surface area contributed by atoms with E-state index in [9.17, 15) is 14.4 Å². The van der Waals surface area contributed by atoms with Crippen molar-refractivity contribution in [3.8, 4) is 0 Å². The van der Waals surface area contributed by atoms with E-state index in [1.807, 2.05) is 46.2 Å². The summed E-state index contributed by atoms with van der Waals surface area (Å²) in [6.45, 7) is 2.43. The zero-order valence-corrected chi connectivity index (χ0v) is 16.4. The van der Waals surface area contributed by atoms with Gasteiger partial charge in [-0.1, -0.05) is 30.3 Å². The molecule has 1 aromatic rings. The Kier molecular flexibility index (Phi) is 6.85. The fourth-order valence-corrected chi connectivity index (χ4v) is 3.94. The highest BCUT2D eigenvalue weighted by Gasteiger charge is 2.33. The number of hydrogen-bond acceptors (Lipinski definition) is 4. The Bertz CT molecular complexity index is 715. The average molecular weight is 384 g/mol. The monoisotopic (exact) mass is 384 g/mol. The summed E-state index contributed by atoms with van der Waals surface area (Å²) in [5, 5.41) is 0. The lowest BCUT2D eigenvalue weighted by Gasteiger charge is -2.36. The zero-order valence-electron chi connectivity index (χ0n) is 16.4. The lowest BCUT2D eigenvalue weighted by Crippen LogP contribution is -2.47. The predicted molar refractivity (Wildman–Crippen MR) is 106 cm³/mol. The van der Waals surface area contributed by atoms with Crippen LogP contribution in [-0.2, 0) is 19.1 Å². The molecule has 1 aromatic carbocycles. The molecule has 0 aliphatic carbocycles. The molecular formula is C22H28N2O4. The first-order chi connectivity index (χ1) is 13.6. The van der Waals surface area contributed by atoms with Crippen LogP contribution in [0.2, 0.25) is 0 Å². The summed E-state index contributed by atoms with van der Waals surface area (Å²) >= 11 is 0. The first-order valence-corrected chi connectivity index (χ1v) is 9.97. The normalized spacial score (nSPS) is 19.0. The molecule has 0 spiro atoms. The van der Waals surface area contributed by atoms with Crippen molar-refractivity contribution in [1.29, 1.82) is 0 Å². The van der Waals surface area contributed by atoms with Gasteiger partial charge in [0.15, 0.2) is 0 Å². The number of ether oxygens (including phenoxy) is 1. The fraction of sp³-hybridized carbons (Fsp3) is 0.500. The maximum atomic E-state index is 12.8. The van der Waals surface area contributed by atoms with Gasteiger partial charge in [-0.05, 0) is 37.3 Å². The number of methoxy groups -OCH3 is 1. The fourth-order valence-electron chi connectivity index (χ4n) is 3.94. The number of esters is 1. The van der Waals surface area contributed by atoms with Gasteiger partial charge in [0, 0.05) is 38.2 Å².